The number of hydrogen-bond donors (Lipinski definition) is 1. The highest BCUT2D eigenvalue weighted by molar-refractivity contribution is 5.84. The number of amides is 1. The predicted octanol–water partition coefficient (Wildman–Crippen LogP) is 5.74. The molecule has 5 aromatic rings. The van der Waals surface area contributed by atoms with Crippen molar-refractivity contribution in [3.63, 3.8) is 0 Å². The fourth-order valence-corrected chi connectivity index (χ4v) is 6.48. The molecule has 3 aromatic carbocycles. The van der Waals surface area contributed by atoms with Gasteiger partial charge in [0.2, 0.25) is 5.91 Å². The number of rotatable bonds is 6. The molecule has 1 fully saturated rings. The summed E-state index contributed by atoms with van der Waals surface area (Å²) in [6.07, 6.45) is 2.16. The van der Waals surface area contributed by atoms with Crippen LogP contribution in [0.25, 0.3) is 16.9 Å². The number of carbonyl (C=O) groups is 1. The normalized spacial score (nSPS) is 15.8. The van der Waals surface area contributed by atoms with Crippen LogP contribution in [-0.4, -0.2) is 69.2 Å². The highest BCUT2D eigenvalue weighted by atomic mass is 19.4. The van der Waals surface area contributed by atoms with Gasteiger partial charge in [-0.05, 0) is 59.4 Å². The van der Waals surface area contributed by atoms with Gasteiger partial charge in [0.15, 0.2) is 5.65 Å². The monoisotopic (exact) mass is 612 g/mol. The van der Waals surface area contributed by atoms with Crippen molar-refractivity contribution in [1.29, 1.82) is 0 Å². The molecule has 0 saturated carbocycles. The molecule has 0 bridgehead atoms. The van der Waals surface area contributed by atoms with E-state index < -0.39 is 6.36 Å². The Kier molecular flexibility index (Phi) is 7.62. The highest BCUT2D eigenvalue weighted by Crippen LogP contribution is 2.37. The molecule has 0 spiro atoms. The molecular formula is C34H31F3N6O2. The third-order valence-electron chi connectivity index (χ3n) is 8.59. The summed E-state index contributed by atoms with van der Waals surface area (Å²) in [6, 6.07) is 23.0. The number of piperazine rings is 1. The lowest BCUT2D eigenvalue weighted by atomic mass is 9.92. The lowest BCUT2D eigenvalue weighted by Gasteiger charge is -2.40. The van der Waals surface area contributed by atoms with Gasteiger partial charge < -0.3 is 15.0 Å². The second-order valence-corrected chi connectivity index (χ2v) is 11.3. The van der Waals surface area contributed by atoms with Gasteiger partial charge in [0, 0.05) is 44.1 Å². The van der Waals surface area contributed by atoms with Gasteiger partial charge in [0.25, 0.3) is 0 Å². The number of hydrogen-bond acceptors (Lipinski definition) is 6. The summed E-state index contributed by atoms with van der Waals surface area (Å²) >= 11 is 0. The number of imidazole rings is 1. The van der Waals surface area contributed by atoms with E-state index in [2.05, 4.69) is 73.5 Å². The molecule has 1 amide bonds. The zero-order chi connectivity index (χ0) is 31.0. The number of benzene rings is 3. The average Bonchev–Trinajstić information content (AvgIpc) is 3.33. The van der Waals surface area contributed by atoms with E-state index in [1.165, 1.54) is 46.5 Å². The van der Waals surface area contributed by atoms with Gasteiger partial charge in [-0.25, -0.2) is 4.98 Å². The quantitative estimate of drug-likeness (QED) is 0.264. The van der Waals surface area contributed by atoms with E-state index in [1.54, 1.807) is 23.0 Å². The third kappa shape index (κ3) is 5.95. The minimum Gasteiger partial charge on any atom is -0.406 e. The smallest absolute Gasteiger partial charge is 0.406 e. The van der Waals surface area contributed by atoms with Crippen molar-refractivity contribution in [3.8, 4) is 17.0 Å². The Labute approximate surface area is 258 Å². The Balaban J connectivity index is 1.06. The first kappa shape index (κ1) is 28.8. The number of ether oxygens (including phenoxy) is 1. The van der Waals surface area contributed by atoms with Crippen molar-refractivity contribution in [1.82, 2.24) is 24.2 Å². The topological polar surface area (TPSA) is 75.0 Å². The Hall–Kier alpha value is -4.90. The van der Waals surface area contributed by atoms with Crippen LogP contribution in [0.1, 0.15) is 28.3 Å². The maximum atomic E-state index is 13.5. The second kappa shape index (κ2) is 11.9. The van der Waals surface area contributed by atoms with Gasteiger partial charge in [-0.15, -0.1) is 13.2 Å². The van der Waals surface area contributed by atoms with E-state index in [0.29, 0.717) is 35.8 Å². The first-order valence-corrected chi connectivity index (χ1v) is 14.9. The molecule has 1 N–H and O–H groups in total. The second-order valence-electron chi connectivity index (χ2n) is 11.3. The van der Waals surface area contributed by atoms with Gasteiger partial charge in [-0.3, -0.25) is 19.1 Å². The van der Waals surface area contributed by atoms with Crippen LogP contribution in [0.2, 0.25) is 0 Å². The maximum Gasteiger partial charge on any atom is 0.573 e. The van der Waals surface area contributed by atoms with Crippen molar-refractivity contribution in [3.05, 3.63) is 114 Å². The molecule has 0 radical (unpaired) electrons. The Morgan fingerprint density at radius 2 is 1.53 bits per heavy atom. The van der Waals surface area contributed by atoms with Crippen LogP contribution < -0.4 is 10.1 Å². The molecule has 0 unspecified atom stereocenters. The standard InChI is InChI=1S/C34H31F3N6O2/c35-34(36,37)45-26-13-11-25(12-14-26)31-33(43-16-15-38-21-29(43)40-31)39-22-30(44)41-17-19-42(20-18-41)32-27-7-3-1-5-23(27)9-10-24-6-2-4-8-28(24)32/h1-8,11-16,21,32,39H,9-10,17-20,22H2. The molecular weight excluding hydrogens is 581 g/mol. The van der Waals surface area contributed by atoms with Crippen molar-refractivity contribution in [2.45, 2.75) is 25.2 Å². The molecule has 45 heavy (non-hydrogen) atoms. The molecule has 0 atom stereocenters. The number of carbonyl (C=O) groups excluding carboxylic acids is 1. The highest BCUT2D eigenvalue weighted by Gasteiger charge is 2.33. The van der Waals surface area contributed by atoms with Crippen molar-refractivity contribution in [2.24, 2.45) is 0 Å². The molecule has 230 valence electrons. The van der Waals surface area contributed by atoms with Crippen LogP contribution in [0.3, 0.4) is 0 Å². The number of nitrogens with zero attached hydrogens (tertiary/aromatic N) is 5. The van der Waals surface area contributed by atoms with Crippen LogP contribution in [0.4, 0.5) is 19.0 Å². The molecule has 11 heteroatoms. The van der Waals surface area contributed by atoms with Crippen molar-refractivity contribution in [2.75, 3.05) is 38.0 Å². The summed E-state index contributed by atoms with van der Waals surface area (Å²) in [5, 5.41) is 3.25. The van der Waals surface area contributed by atoms with E-state index in [4.69, 9.17) is 0 Å². The minimum atomic E-state index is -4.78. The predicted molar refractivity (Wildman–Crippen MR) is 164 cm³/mol. The van der Waals surface area contributed by atoms with Crippen LogP contribution in [0.15, 0.2) is 91.4 Å². The van der Waals surface area contributed by atoms with Crippen LogP contribution in [-0.2, 0) is 17.6 Å². The average molecular weight is 613 g/mol. The number of fused-ring (bicyclic) bond motifs is 3. The SMILES string of the molecule is O=C(CNc1c(-c2ccc(OC(F)(F)F)cc2)nc2cnccn12)N1CCN(C2c3ccccc3CCc3ccccc32)CC1. The number of anilines is 1. The Morgan fingerprint density at radius 1 is 0.889 bits per heavy atom. The number of alkyl halides is 3. The first-order chi connectivity index (χ1) is 21.8. The number of nitrogens with one attached hydrogen (secondary N) is 1. The molecule has 1 aliphatic heterocycles. The summed E-state index contributed by atoms with van der Waals surface area (Å²) in [7, 11) is 0. The number of aromatic nitrogens is 3. The Bertz CT molecular complexity index is 1780. The molecule has 8 nitrogen and oxygen atoms in total. The summed E-state index contributed by atoms with van der Waals surface area (Å²) in [5.41, 5.74) is 7.04. The molecule has 3 heterocycles. The largest absolute Gasteiger partial charge is 0.573 e. The maximum absolute atomic E-state index is 13.5. The first-order valence-electron chi connectivity index (χ1n) is 14.9. The van der Waals surface area contributed by atoms with Crippen LogP contribution in [0, 0.1) is 0 Å². The van der Waals surface area contributed by atoms with E-state index >= 15 is 0 Å². The van der Waals surface area contributed by atoms with Gasteiger partial charge in [0.1, 0.15) is 17.3 Å². The molecule has 7 rings (SSSR count). The minimum absolute atomic E-state index is 0.0352. The Morgan fingerprint density at radius 3 is 2.18 bits per heavy atom. The lowest BCUT2D eigenvalue weighted by Crippen LogP contribution is -2.51. The molecule has 2 aromatic heterocycles. The summed E-state index contributed by atoms with van der Waals surface area (Å²) in [4.78, 5) is 26.6. The molecule has 2 aliphatic rings. The van der Waals surface area contributed by atoms with Crippen LogP contribution >= 0.6 is 0 Å². The van der Waals surface area contributed by atoms with Gasteiger partial charge in [-0.1, -0.05) is 48.5 Å². The molecule has 1 aliphatic carbocycles. The van der Waals surface area contributed by atoms with Gasteiger partial charge in [-0.2, -0.15) is 0 Å². The van der Waals surface area contributed by atoms with Gasteiger partial charge >= 0.3 is 6.36 Å². The summed E-state index contributed by atoms with van der Waals surface area (Å²) in [5.74, 6) is 0.187. The number of aryl methyl sites for hydroxylation is 2. The van der Waals surface area contributed by atoms with Crippen LogP contribution in [0.5, 0.6) is 5.75 Å². The zero-order valence-electron chi connectivity index (χ0n) is 24.4. The summed E-state index contributed by atoms with van der Waals surface area (Å²) < 4.78 is 43.7. The fourth-order valence-electron chi connectivity index (χ4n) is 6.48. The van der Waals surface area contributed by atoms with Crippen molar-refractivity contribution >= 4 is 17.4 Å². The van der Waals surface area contributed by atoms with Gasteiger partial charge in [0.05, 0.1) is 18.8 Å². The van der Waals surface area contributed by atoms with E-state index in [-0.39, 0.29) is 24.2 Å². The fraction of sp³-hybridized carbons (Fsp3) is 0.265. The van der Waals surface area contributed by atoms with E-state index in [1.807, 2.05) is 4.90 Å². The van der Waals surface area contributed by atoms with E-state index in [0.717, 1.165) is 25.9 Å². The lowest BCUT2D eigenvalue weighted by molar-refractivity contribution is -0.274. The number of halogens is 3. The summed E-state index contributed by atoms with van der Waals surface area (Å²) in [6.45, 7) is 2.74. The third-order valence-corrected chi connectivity index (χ3v) is 8.59. The molecule has 1 saturated heterocycles. The zero-order valence-corrected chi connectivity index (χ0v) is 24.4. The van der Waals surface area contributed by atoms with Crippen molar-refractivity contribution < 1.29 is 22.7 Å². The van der Waals surface area contributed by atoms with E-state index in [9.17, 15) is 18.0 Å².